The van der Waals surface area contributed by atoms with Gasteiger partial charge in [0.15, 0.2) is 0 Å². The third kappa shape index (κ3) is 26.6. The number of hydrogen-bond acceptors (Lipinski definition) is 14. The average Bonchev–Trinajstić information content (AvgIpc) is 3.02. The van der Waals surface area contributed by atoms with Crippen LogP contribution < -0.4 is 5.32 Å². The summed E-state index contributed by atoms with van der Waals surface area (Å²) in [6.07, 6.45) is 0. The summed E-state index contributed by atoms with van der Waals surface area (Å²) < 4.78 is 76.5. The van der Waals surface area contributed by atoms with E-state index in [1.54, 1.807) is 18.2 Å². The second kappa shape index (κ2) is 29.1. The van der Waals surface area contributed by atoms with Crippen LogP contribution in [0.1, 0.15) is 0 Å². The summed E-state index contributed by atoms with van der Waals surface area (Å²) in [5, 5.41) is 11.0. The molecule has 0 aromatic heterocycles. The van der Waals surface area contributed by atoms with Crippen LogP contribution >= 0.6 is 0 Å². The highest BCUT2D eigenvalue weighted by atomic mass is 32.2. The average molecular weight is 670 g/mol. The summed E-state index contributed by atoms with van der Waals surface area (Å²) in [6.45, 7) is 5.58. The molecule has 17 heteroatoms. The minimum absolute atomic E-state index is 0.0702. The van der Waals surface area contributed by atoms with Crippen LogP contribution in [0.15, 0.2) is 35.2 Å². The first kappa shape index (κ1) is 40.7. The Hall–Kier alpha value is -2.29. The number of aliphatic carboxylic acids is 1. The first-order chi connectivity index (χ1) is 21.9. The Morgan fingerprint density at radius 2 is 0.911 bits per heavy atom. The molecule has 0 saturated heterocycles. The Morgan fingerprint density at radius 3 is 1.31 bits per heavy atom. The molecule has 0 spiro atoms. The normalized spacial score (nSPS) is 11.6. The monoisotopic (exact) mass is 669 g/mol. The molecule has 0 fully saturated rings. The lowest BCUT2D eigenvalue weighted by atomic mass is 10.4. The molecule has 0 aliphatic carbocycles. The second-order valence-electron chi connectivity index (χ2n) is 8.72. The fraction of sp³-hybridized carbons (Fsp3) is 0.714. The van der Waals surface area contributed by atoms with E-state index in [9.17, 15) is 18.0 Å². The molecule has 1 aromatic rings. The van der Waals surface area contributed by atoms with Crippen LogP contribution in [0, 0.1) is 0 Å². The molecule has 0 radical (unpaired) electrons. The van der Waals surface area contributed by atoms with Gasteiger partial charge >= 0.3 is 5.97 Å². The number of carboxylic acid groups (broad SMARTS) is 1. The summed E-state index contributed by atoms with van der Waals surface area (Å²) in [4.78, 5) is 21.7. The van der Waals surface area contributed by atoms with E-state index in [0.717, 1.165) is 0 Å². The van der Waals surface area contributed by atoms with E-state index < -0.39 is 28.6 Å². The van der Waals surface area contributed by atoms with Crippen molar-refractivity contribution in [1.29, 1.82) is 0 Å². The summed E-state index contributed by atoms with van der Waals surface area (Å²) in [5.41, 5.74) is 0. The van der Waals surface area contributed by atoms with Crippen LogP contribution in [-0.2, 0) is 66.5 Å². The lowest BCUT2D eigenvalue weighted by Gasteiger charge is -2.09. The Bertz CT molecular complexity index is 953. The van der Waals surface area contributed by atoms with Crippen molar-refractivity contribution in [3.8, 4) is 0 Å². The van der Waals surface area contributed by atoms with Gasteiger partial charge in [0.25, 0.3) is 10.1 Å². The predicted octanol–water partition coefficient (Wildman–Crippen LogP) is -0.258. The van der Waals surface area contributed by atoms with Crippen LogP contribution in [0.25, 0.3) is 0 Å². The minimum atomic E-state index is -3.77. The quantitative estimate of drug-likeness (QED) is 0.0734. The number of carbonyl (C=O) groups is 2. The number of carbonyl (C=O) groups excluding carboxylic acids is 1. The molecule has 0 unspecified atom stereocenters. The van der Waals surface area contributed by atoms with Gasteiger partial charge in [0.05, 0.1) is 117 Å². The lowest BCUT2D eigenvalue weighted by Crippen LogP contribution is -2.31. The molecule has 16 nitrogen and oxygen atoms in total. The van der Waals surface area contributed by atoms with Crippen molar-refractivity contribution < 1.29 is 69.9 Å². The summed E-state index contributed by atoms with van der Waals surface area (Å²) in [6, 6.07) is 7.93. The van der Waals surface area contributed by atoms with Crippen molar-refractivity contribution >= 4 is 22.0 Å². The van der Waals surface area contributed by atoms with E-state index >= 15 is 0 Å². The number of amides is 1. The van der Waals surface area contributed by atoms with Crippen LogP contribution in [0.5, 0.6) is 0 Å². The third-order valence-corrected chi connectivity index (χ3v) is 6.46. The summed E-state index contributed by atoms with van der Waals surface area (Å²) in [7, 11) is -3.77. The SMILES string of the molecule is O=C(O)COCC(=O)NCCOCCOCCOCCOCCOCCOCCOCCOCCOS(=O)(=O)c1ccccc1. The summed E-state index contributed by atoms with van der Waals surface area (Å²) >= 11 is 0. The van der Waals surface area contributed by atoms with Crippen molar-refractivity contribution in [2.75, 3.05) is 132 Å². The van der Waals surface area contributed by atoms with E-state index in [1.807, 2.05) is 0 Å². The molecular formula is C28H47NO15S. The van der Waals surface area contributed by atoms with Gasteiger partial charge in [-0.3, -0.25) is 8.98 Å². The van der Waals surface area contributed by atoms with E-state index in [4.69, 9.17) is 47.2 Å². The lowest BCUT2D eigenvalue weighted by molar-refractivity contribution is -0.143. The van der Waals surface area contributed by atoms with E-state index in [2.05, 4.69) is 10.1 Å². The first-order valence-corrected chi connectivity index (χ1v) is 16.0. The molecule has 260 valence electrons. The van der Waals surface area contributed by atoms with Crippen molar-refractivity contribution in [2.45, 2.75) is 4.90 Å². The Labute approximate surface area is 264 Å². The molecular weight excluding hydrogens is 622 g/mol. The van der Waals surface area contributed by atoms with Crippen LogP contribution in [-0.4, -0.2) is 157 Å². The highest BCUT2D eigenvalue weighted by Crippen LogP contribution is 2.10. The van der Waals surface area contributed by atoms with Crippen LogP contribution in [0.4, 0.5) is 0 Å². The molecule has 2 N–H and O–H groups in total. The highest BCUT2D eigenvalue weighted by molar-refractivity contribution is 7.86. The number of rotatable bonds is 33. The number of hydrogen-bond donors (Lipinski definition) is 2. The third-order valence-electron chi connectivity index (χ3n) is 5.13. The predicted molar refractivity (Wildman–Crippen MR) is 158 cm³/mol. The standard InChI is InChI=1S/C28H47NO15S/c30-27(24-43-25-28(31)32)29-6-7-35-8-9-36-10-11-37-12-13-38-14-15-39-16-17-40-18-19-41-20-21-42-22-23-44-45(33,34)26-4-2-1-3-5-26/h1-5H,6-25H2,(H,29,30)(H,31,32). The van der Waals surface area contributed by atoms with Gasteiger partial charge in [0.1, 0.15) is 13.2 Å². The molecule has 0 aliphatic heterocycles. The van der Waals surface area contributed by atoms with Gasteiger partial charge in [-0.25, -0.2) is 4.79 Å². The van der Waals surface area contributed by atoms with Crippen LogP contribution in [0.2, 0.25) is 0 Å². The maximum atomic E-state index is 11.9. The Balaban J connectivity index is 1.69. The van der Waals surface area contributed by atoms with Crippen molar-refractivity contribution in [1.82, 2.24) is 5.32 Å². The molecule has 0 heterocycles. The van der Waals surface area contributed by atoms with Gasteiger partial charge in [0.2, 0.25) is 5.91 Å². The van der Waals surface area contributed by atoms with Crippen molar-refractivity contribution in [3.05, 3.63) is 30.3 Å². The molecule has 1 aromatic carbocycles. The molecule has 0 saturated carbocycles. The van der Waals surface area contributed by atoms with Crippen molar-refractivity contribution in [2.24, 2.45) is 0 Å². The number of ether oxygens (including phenoxy) is 9. The van der Waals surface area contributed by atoms with Gasteiger partial charge in [-0.05, 0) is 12.1 Å². The zero-order valence-corrected chi connectivity index (χ0v) is 26.4. The minimum Gasteiger partial charge on any atom is -0.480 e. The zero-order chi connectivity index (χ0) is 32.7. The van der Waals surface area contributed by atoms with Gasteiger partial charge < -0.3 is 53.1 Å². The fourth-order valence-corrected chi connectivity index (χ4v) is 3.96. The Kier molecular flexibility index (Phi) is 26.4. The van der Waals surface area contributed by atoms with Crippen LogP contribution in [0.3, 0.4) is 0 Å². The fourth-order valence-electron chi connectivity index (χ4n) is 3.04. The number of benzene rings is 1. The number of nitrogens with one attached hydrogen (secondary N) is 1. The Morgan fingerprint density at radius 1 is 0.533 bits per heavy atom. The molecule has 1 amide bonds. The topological polar surface area (TPSA) is 193 Å². The molecule has 1 rings (SSSR count). The van der Waals surface area contributed by atoms with E-state index in [1.165, 1.54) is 12.1 Å². The second-order valence-corrected chi connectivity index (χ2v) is 10.3. The number of carboxylic acids is 1. The van der Waals surface area contributed by atoms with Gasteiger partial charge in [-0.2, -0.15) is 8.42 Å². The van der Waals surface area contributed by atoms with Gasteiger partial charge in [0, 0.05) is 6.54 Å². The van der Waals surface area contributed by atoms with E-state index in [0.29, 0.717) is 106 Å². The smallest absolute Gasteiger partial charge is 0.329 e. The van der Waals surface area contributed by atoms with Crippen molar-refractivity contribution in [3.63, 3.8) is 0 Å². The maximum absolute atomic E-state index is 11.9. The first-order valence-electron chi connectivity index (χ1n) is 14.5. The largest absolute Gasteiger partial charge is 0.480 e. The molecule has 0 bridgehead atoms. The molecule has 0 aliphatic rings. The maximum Gasteiger partial charge on any atom is 0.329 e. The zero-order valence-electron chi connectivity index (χ0n) is 25.6. The van der Waals surface area contributed by atoms with E-state index in [-0.39, 0.29) is 24.7 Å². The van der Waals surface area contributed by atoms with Gasteiger partial charge in [-0.15, -0.1) is 0 Å². The molecule has 45 heavy (non-hydrogen) atoms. The molecule has 0 atom stereocenters. The van der Waals surface area contributed by atoms with Gasteiger partial charge in [-0.1, -0.05) is 18.2 Å². The highest BCUT2D eigenvalue weighted by Gasteiger charge is 2.13. The summed E-state index contributed by atoms with van der Waals surface area (Å²) in [5.74, 6) is -1.54.